The first-order chi connectivity index (χ1) is 18.8. The summed E-state index contributed by atoms with van der Waals surface area (Å²) in [5.41, 5.74) is 0.552. The van der Waals surface area contributed by atoms with Gasteiger partial charge in [0.2, 0.25) is 15.9 Å². The molecule has 13 heteroatoms. The van der Waals surface area contributed by atoms with Crippen LogP contribution in [0.15, 0.2) is 36.4 Å². The predicted molar refractivity (Wildman–Crippen MR) is 151 cm³/mol. The number of phenolic OH excluding ortho intramolecular Hbond substituents is 1. The molecular formula is C27H35N5O7S. The Morgan fingerprint density at radius 1 is 1.07 bits per heavy atom. The summed E-state index contributed by atoms with van der Waals surface area (Å²) in [5.74, 6) is -1.39. The zero-order chi connectivity index (χ0) is 29.1. The van der Waals surface area contributed by atoms with E-state index in [9.17, 15) is 27.9 Å². The third-order valence-corrected chi connectivity index (χ3v) is 7.94. The predicted octanol–water partition coefficient (Wildman–Crippen LogP) is 2.46. The minimum absolute atomic E-state index is 0.0608. The molecule has 2 heterocycles. The summed E-state index contributed by atoms with van der Waals surface area (Å²) in [5, 5.41) is 16.3. The smallest absolute Gasteiger partial charge is 0.328 e. The Kier molecular flexibility index (Phi) is 8.66. The number of imide groups is 1. The van der Waals surface area contributed by atoms with Gasteiger partial charge in [-0.05, 0) is 41.8 Å². The van der Waals surface area contributed by atoms with Gasteiger partial charge in [0.15, 0.2) is 0 Å². The van der Waals surface area contributed by atoms with Crippen LogP contribution in [0.2, 0.25) is 0 Å². The third kappa shape index (κ3) is 7.09. The second kappa shape index (κ2) is 11.8. The van der Waals surface area contributed by atoms with Crippen LogP contribution in [-0.4, -0.2) is 81.4 Å². The van der Waals surface area contributed by atoms with Crippen LogP contribution >= 0.6 is 0 Å². The van der Waals surface area contributed by atoms with E-state index in [0.717, 1.165) is 4.90 Å². The van der Waals surface area contributed by atoms with E-state index >= 15 is 0 Å². The molecule has 2 saturated heterocycles. The molecule has 0 saturated carbocycles. The van der Waals surface area contributed by atoms with Gasteiger partial charge < -0.3 is 20.5 Å². The van der Waals surface area contributed by atoms with Crippen molar-refractivity contribution >= 4 is 44.9 Å². The van der Waals surface area contributed by atoms with Gasteiger partial charge in [-0.15, -0.1) is 0 Å². The number of anilines is 3. The average Bonchev–Trinajstić information content (AvgIpc) is 2.89. The van der Waals surface area contributed by atoms with Crippen LogP contribution in [-0.2, 0) is 25.0 Å². The molecule has 2 fully saturated rings. The zero-order valence-electron chi connectivity index (χ0n) is 22.8. The summed E-state index contributed by atoms with van der Waals surface area (Å²) in [6.45, 7) is 8.72. The van der Waals surface area contributed by atoms with E-state index in [2.05, 4.69) is 15.4 Å². The lowest BCUT2D eigenvalue weighted by Gasteiger charge is -2.29. The van der Waals surface area contributed by atoms with Crippen molar-refractivity contribution in [1.29, 1.82) is 0 Å². The highest BCUT2D eigenvalue weighted by Crippen LogP contribution is 2.38. The molecule has 40 heavy (non-hydrogen) atoms. The molecule has 2 aliphatic heterocycles. The Balaban J connectivity index is 1.49. The van der Waals surface area contributed by atoms with Gasteiger partial charge in [-0.2, -0.15) is 0 Å². The first kappa shape index (κ1) is 29.3. The van der Waals surface area contributed by atoms with Crippen LogP contribution in [0.3, 0.4) is 0 Å². The van der Waals surface area contributed by atoms with Crippen LogP contribution in [0, 0.1) is 0 Å². The lowest BCUT2D eigenvalue weighted by molar-refractivity contribution is -0.118. The number of nitrogens with one attached hydrogen (secondary N) is 3. The molecule has 4 rings (SSSR count). The maximum absolute atomic E-state index is 13.3. The summed E-state index contributed by atoms with van der Waals surface area (Å²) in [6.07, 6.45) is 0.113. The molecule has 0 atom stereocenters. The van der Waals surface area contributed by atoms with Gasteiger partial charge in [0.25, 0.3) is 5.91 Å². The lowest BCUT2D eigenvalue weighted by atomic mass is 9.84. The largest absolute Gasteiger partial charge is 0.507 e. The maximum atomic E-state index is 13.3. The quantitative estimate of drug-likeness (QED) is 0.375. The minimum Gasteiger partial charge on any atom is -0.507 e. The molecule has 2 aromatic rings. The number of carbonyl (C=O) groups excluding carboxylic acids is 3. The fraction of sp³-hybridized carbons (Fsp3) is 0.444. The minimum atomic E-state index is -3.58. The average molecular weight is 574 g/mol. The first-order valence-electron chi connectivity index (χ1n) is 13.0. The normalized spacial score (nSPS) is 16.9. The number of ether oxygens (including phenoxy) is 1. The van der Waals surface area contributed by atoms with Crippen molar-refractivity contribution in [2.24, 2.45) is 0 Å². The molecule has 2 aromatic carbocycles. The van der Waals surface area contributed by atoms with Crippen molar-refractivity contribution in [3.63, 3.8) is 0 Å². The molecule has 4 amide bonds. The van der Waals surface area contributed by atoms with Gasteiger partial charge in [0, 0.05) is 49.5 Å². The standard InChI is InChI=1S/C27H35N5O7S/c1-27(2,3)22-17-20(32-23(33)8-9-28-26(32)36)16-21(24(22)34)25(35)29-18-4-6-19(7-5-18)30-40(37,38)15-12-31-10-13-39-14-11-31/h4-7,16-17,30,34H,8-15H2,1-3H3,(H,28,36)(H,29,35). The number of benzene rings is 2. The second-order valence-corrected chi connectivity index (χ2v) is 12.6. The van der Waals surface area contributed by atoms with Crippen LogP contribution in [0.1, 0.15) is 43.1 Å². The van der Waals surface area contributed by atoms with Gasteiger partial charge in [-0.1, -0.05) is 20.8 Å². The van der Waals surface area contributed by atoms with Gasteiger partial charge in [-0.25, -0.2) is 18.1 Å². The molecule has 0 unspecified atom stereocenters. The number of aromatic hydroxyl groups is 1. The zero-order valence-corrected chi connectivity index (χ0v) is 23.6. The number of amides is 4. The van der Waals surface area contributed by atoms with Crippen molar-refractivity contribution in [3.05, 3.63) is 47.5 Å². The summed E-state index contributed by atoms with van der Waals surface area (Å²) >= 11 is 0. The summed E-state index contributed by atoms with van der Waals surface area (Å²) in [7, 11) is -3.58. The molecule has 12 nitrogen and oxygen atoms in total. The number of phenols is 1. The molecular weight excluding hydrogens is 538 g/mol. The number of hydrogen-bond donors (Lipinski definition) is 4. The molecule has 2 aliphatic rings. The SMILES string of the molecule is CC(C)(C)c1cc(N2C(=O)CCNC2=O)cc(C(=O)Nc2ccc(NS(=O)(=O)CCN3CCOCC3)cc2)c1O. The Labute approximate surface area is 233 Å². The molecule has 4 N–H and O–H groups in total. The highest BCUT2D eigenvalue weighted by Gasteiger charge is 2.31. The number of hydrogen-bond acceptors (Lipinski definition) is 8. The number of morpholine rings is 1. The molecule has 0 radical (unpaired) electrons. The van der Waals surface area contributed by atoms with Crippen LogP contribution < -0.4 is 20.3 Å². The van der Waals surface area contributed by atoms with Crippen molar-refractivity contribution in [2.45, 2.75) is 32.6 Å². The number of sulfonamides is 1. The van der Waals surface area contributed by atoms with E-state index in [1.165, 1.54) is 36.4 Å². The number of carbonyl (C=O) groups is 3. The van der Waals surface area contributed by atoms with E-state index in [-0.39, 0.29) is 35.7 Å². The number of urea groups is 1. The molecule has 0 aliphatic carbocycles. The number of rotatable bonds is 8. The van der Waals surface area contributed by atoms with Crippen molar-refractivity contribution < 1.29 is 32.6 Å². The number of nitrogens with zero attached hydrogens (tertiary/aromatic N) is 2. The van der Waals surface area contributed by atoms with Gasteiger partial charge in [-0.3, -0.25) is 19.2 Å². The fourth-order valence-corrected chi connectivity index (χ4v) is 5.56. The molecule has 0 spiro atoms. The highest BCUT2D eigenvalue weighted by atomic mass is 32.2. The van der Waals surface area contributed by atoms with E-state index in [1.807, 2.05) is 25.7 Å². The van der Waals surface area contributed by atoms with Crippen LogP contribution in [0.4, 0.5) is 21.9 Å². The lowest BCUT2D eigenvalue weighted by Crippen LogP contribution is -2.50. The molecule has 0 bridgehead atoms. The van der Waals surface area contributed by atoms with Gasteiger partial charge in [0.05, 0.1) is 30.2 Å². The second-order valence-electron chi connectivity index (χ2n) is 10.8. The van der Waals surface area contributed by atoms with Gasteiger partial charge in [0.1, 0.15) is 5.75 Å². The summed E-state index contributed by atoms with van der Waals surface area (Å²) < 4.78 is 32.9. The Bertz CT molecular complexity index is 1370. The Morgan fingerprint density at radius 2 is 1.73 bits per heavy atom. The summed E-state index contributed by atoms with van der Waals surface area (Å²) in [4.78, 5) is 41.2. The van der Waals surface area contributed by atoms with Crippen LogP contribution in [0.5, 0.6) is 5.75 Å². The fourth-order valence-electron chi connectivity index (χ4n) is 4.46. The van der Waals surface area contributed by atoms with E-state index < -0.39 is 33.3 Å². The van der Waals surface area contributed by atoms with Crippen LogP contribution in [0.25, 0.3) is 0 Å². The first-order valence-corrected chi connectivity index (χ1v) is 14.7. The Morgan fingerprint density at radius 3 is 2.35 bits per heavy atom. The molecule has 0 aromatic heterocycles. The van der Waals surface area contributed by atoms with Gasteiger partial charge >= 0.3 is 6.03 Å². The summed E-state index contributed by atoms with van der Waals surface area (Å²) in [6, 6.07) is 8.35. The Hall–Kier alpha value is -3.68. The maximum Gasteiger partial charge on any atom is 0.328 e. The van der Waals surface area contributed by atoms with E-state index in [0.29, 0.717) is 49.8 Å². The van der Waals surface area contributed by atoms with Crippen molar-refractivity contribution in [3.8, 4) is 5.75 Å². The monoisotopic (exact) mass is 573 g/mol. The van der Waals surface area contributed by atoms with E-state index in [1.54, 1.807) is 0 Å². The van der Waals surface area contributed by atoms with Crippen molar-refractivity contribution in [2.75, 3.05) is 60.1 Å². The highest BCUT2D eigenvalue weighted by molar-refractivity contribution is 7.92. The molecule has 216 valence electrons. The van der Waals surface area contributed by atoms with Crippen molar-refractivity contribution in [1.82, 2.24) is 10.2 Å². The van der Waals surface area contributed by atoms with E-state index in [4.69, 9.17) is 4.74 Å². The third-order valence-electron chi connectivity index (χ3n) is 6.67. The topological polar surface area (TPSA) is 157 Å².